The van der Waals surface area contributed by atoms with Gasteiger partial charge in [0, 0.05) is 9.79 Å². The van der Waals surface area contributed by atoms with Crippen molar-refractivity contribution in [2.24, 2.45) is 0 Å². The Morgan fingerprint density at radius 2 is 0.756 bits per heavy atom. The summed E-state index contributed by atoms with van der Waals surface area (Å²) in [6, 6.07) is 57.2. The predicted molar refractivity (Wildman–Crippen MR) is 188 cm³/mol. The minimum absolute atomic E-state index is 0.160. The molecule has 0 atom stereocenters. The molecule has 2 N–H and O–H groups in total. The van der Waals surface area contributed by atoms with Gasteiger partial charge in [0.05, 0.1) is 11.1 Å². The van der Waals surface area contributed by atoms with Crippen molar-refractivity contribution in [3.8, 4) is 0 Å². The molecule has 6 heteroatoms. The molecule has 0 radical (unpaired) electrons. The van der Waals surface area contributed by atoms with Gasteiger partial charge in [-0.2, -0.15) is 0 Å². The Balaban J connectivity index is 0.000000187. The van der Waals surface area contributed by atoms with Crippen LogP contribution in [0.2, 0.25) is 0 Å². The van der Waals surface area contributed by atoms with Crippen LogP contribution in [0.25, 0.3) is 0 Å². The first kappa shape index (κ1) is 31.5. The van der Waals surface area contributed by atoms with Crippen molar-refractivity contribution >= 4 is 46.9 Å². The molecule has 6 aromatic carbocycles. The molecule has 6 aromatic rings. The predicted octanol–water partition coefficient (Wildman–Crippen LogP) is 8.15. The summed E-state index contributed by atoms with van der Waals surface area (Å²) in [5.74, 6) is -2.06. The van der Waals surface area contributed by atoms with Crippen LogP contribution in [-0.2, 0) is 6.16 Å². The molecule has 45 heavy (non-hydrogen) atoms. The van der Waals surface area contributed by atoms with Crippen molar-refractivity contribution in [2.45, 2.75) is 16.0 Å². The van der Waals surface area contributed by atoms with Gasteiger partial charge in [-0.3, -0.25) is 0 Å². The Morgan fingerprint density at radius 3 is 1.11 bits per heavy atom. The van der Waals surface area contributed by atoms with E-state index in [-0.39, 0.29) is 11.1 Å². The van der Waals surface area contributed by atoms with Crippen LogP contribution < -0.4 is 15.9 Å². The Bertz CT molecular complexity index is 1690. The number of benzene rings is 6. The minimum atomic E-state index is -2.16. The second kappa shape index (κ2) is 15.2. The number of carboxylic acid groups (broad SMARTS) is 2. The third-order valence-electron chi connectivity index (χ3n) is 7.57. The van der Waals surface area contributed by atoms with E-state index in [1.807, 2.05) is 0 Å². The van der Waals surface area contributed by atoms with Gasteiger partial charge < -0.3 is 10.2 Å². The van der Waals surface area contributed by atoms with Gasteiger partial charge in [0.1, 0.15) is 0 Å². The molecule has 0 fully saturated rings. The first-order chi connectivity index (χ1) is 22.0. The van der Waals surface area contributed by atoms with Gasteiger partial charge in [0.25, 0.3) is 0 Å². The number of hydrogen-bond acceptors (Lipinski definition) is 3. The van der Waals surface area contributed by atoms with Crippen molar-refractivity contribution in [1.29, 1.82) is 0 Å². The third-order valence-corrected chi connectivity index (χ3v) is 13.6. The van der Waals surface area contributed by atoms with Gasteiger partial charge in [-0.05, 0) is 24.3 Å². The SMILES string of the molecule is O=C(O)c1ccccc1Sc1ccccc1C(=O)O.c1ccc(C[PH](c2ccccc2)(c2ccccc2)c2ccccc2)cc1. The zero-order valence-corrected chi connectivity index (χ0v) is 26.3. The van der Waals surface area contributed by atoms with E-state index in [0.29, 0.717) is 9.79 Å². The topological polar surface area (TPSA) is 74.6 Å². The van der Waals surface area contributed by atoms with Crippen LogP contribution in [-0.4, -0.2) is 22.2 Å². The maximum atomic E-state index is 11.1. The number of rotatable bonds is 9. The van der Waals surface area contributed by atoms with Gasteiger partial charge in [0.15, 0.2) is 0 Å². The summed E-state index contributed by atoms with van der Waals surface area (Å²) in [6.45, 7) is 0. The second-order valence-electron chi connectivity index (χ2n) is 10.4. The second-order valence-corrected chi connectivity index (χ2v) is 15.4. The first-order valence-corrected chi connectivity index (χ1v) is 17.5. The standard InChI is InChI=1S/C25H23P.C14H10O4S/c1-5-13-22(14-6-1)21-26(23-15-7-2-8-16-23,24-17-9-3-10-18-24)25-19-11-4-12-20-25;15-13(16)9-5-1-3-7-11(9)19-12-8-4-2-6-10(12)14(17)18/h1-20,26H,21H2;1-8H,(H,15,16)(H,17,18). The first-order valence-electron chi connectivity index (χ1n) is 14.5. The normalized spacial score (nSPS) is 11.1. The summed E-state index contributed by atoms with van der Waals surface area (Å²) in [6.07, 6.45) is 1.06. The molecule has 0 unspecified atom stereocenters. The molecular formula is C39H33O4PS. The molecule has 0 heterocycles. The van der Waals surface area contributed by atoms with Crippen LogP contribution >= 0.6 is 19.0 Å². The summed E-state index contributed by atoms with van der Waals surface area (Å²) in [4.78, 5) is 23.2. The molecule has 224 valence electrons. The maximum absolute atomic E-state index is 11.1. The molecule has 0 amide bonds. The van der Waals surface area contributed by atoms with Gasteiger partial charge in [-0.25, -0.2) is 9.59 Å². The summed E-state index contributed by atoms with van der Waals surface area (Å²) in [5, 5.41) is 22.6. The summed E-state index contributed by atoms with van der Waals surface area (Å²) >= 11 is 1.14. The fraction of sp³-hybridized carbons (Fsp3) is 0.0256. The van der Waals surface area contributed by atoms with Crippen molar-refractivity contribution in [3.05, 3.63) is 187 Å². The monoisotopic (exact) mass is 628 g/mol. The van der Waals surface area contributed by atoms with Crippen molar-refractivity contribution in [3.63, 3.8) is 0 Å². The van der Waals surface area contributed by atoms with E-state index in [2.05, 4.69) is 121 Å². The Hall–Kier alpha value is -4.96. The Labute approximate surface area is 268 Å². The molecule has 4 nitrogen and oxygen atoms in total. The molecule has 6 rings (SSSR count). The van der Waals surface area contributed by atoms with E-state index in [0.717, 1.165) is 17.9 Å². The summed E-state index contributed by atoms with van der Waals surface area (Å²) in [5.41, 5.74) is 1.72. The van der Waals surface area contributed by atoms with Crippen LogP contribution in [0.15, 0.2) is 180 Å². The average Bonchev–Trinajstić information content (AvgIpc) is 3.09. The molecule has 0 aliphatic rings. The van der Waals surface area contributed by atoms with Crippen LogP contribution in [0, 0.1) is 0 Å². The van der Waals surface area contributed by atoms with Crippen LogP contribution in [0.3, 0.4) is 0 Å². The van der Waals surface area contributed by atoms with Gasteiger partial charge in [-0.15, -0.1) is 0 Å². The summed E-state index contributed by atoms with van der Waals surface area (Å²) < 4.78 is 0. The fourth-order valence-electron chi connectivity index (χ4n) is 5.46. The van der Waals surface area contributed by atoms with Gasteiger partial charge >= 0.3 is 168 Å². The van der Waals surface area contributed by atoms with E-state index in [4.69, 9.17) is 10.2 Å². The van der Waals surface area contributed by atoms with Crippen molar-refractivity contribution in [2.75, 3.05) is 0 Å². The molecule has 0 bridgehead atoms. The molecular weight excluding hydrogens is 595 g/mol. The number of carboxylic acids is 2. The fourth-order valence-corrected chi connectivity index (χ4v) is 11.3. The molecule has 0 aliphatic heterocycles. The van der Waals surface area contributed by atoms with E-state index in [1.165, 1.54) is 33.6 Å². The molecule has 0 aliphatic carbocycles. The summed E-state index contributed by atoms with van der Waals surface area (Å²) in [7, 11) is -2.16. The van der Waals surface area contributed by atoms with Crippen LogP contribution in [0.4, 0.5) is 0 Å². The van der Waals surface area contributed by atoms with Gasteiger partial charge in [0.2, 0.25) is 0 Å². The van der Waals surface area contributed by atoms with E-state index >= 15 is 0 Å². The van der Waals surface area contributed by atoms with Crippen LogP contribution in [0.1, 0.15) is 26.3 Å². The molecule has 0 spiro atoms. The molecule has 0 saturated heterocycles. The number of hydrogen-bond donors (Lipinski definition) is 2. The molecule has 0 aromatic heterocycles. The Kier molecular flexibility index (Phi) is 10.6. The quantitative estimate of drug-likeness (QED) is 0.158. The zero-order chi connectivity index (χ0) is 31.5. The molecule has 0 saturated carbocycles. The van der Waals surface area contributed by atoms with E-state index < -0.39 is 19.2 Å². The van der Waals surface area contributed by atoms with Crippen molar-refractivity contribution in [1.82, 2.24) is 0 Å². The van der Waals surface area contributed by atoms with Crippen LogP contribution in [0.5, 0.6) is 0 Å². The van der Waals surface area contributed by atoms with Gasteiger partial charge in [-0.1, -0.05) is 36.0 Å². The number of aromatic carboxylic acids is 2. The van der Waals surface area contributed by atoms with E-state index in [1.54, 1.807) is 36.4 Å². The number of carbonyl (C=O) groups is 2. The Morgan fingerprint density at radius 1 is 0.444 bits per heavy atom. The zero-order valence-electron chi connectivity index (χ0n) is 24.5. The average molecular weight is 629 g/mol. The van der Waals surface area contributed by atoms with E-state index in [9.17, 15) is 9.59 Å². The third kappa shape index (κ3) is 7.58. The van der Waals surface area contributed by atoms with Crippen molar-refractivity contribution < 1.29 is 19.8 Å².